The standard InChI is InChI=1S/C23H29BrN4O5/c24-12-3-1-2-9-18(29)26-14-5-4-13-25-16-8-6-7-15-20(16)23(33)28(22(15)32)17-10-11-19(30)27-21(17)31/h6-8,17,25H,1-5,9-14H2,(H,26,29)(H,27,30,31). The van der Waals surface area contributed by atoms with Crippen molar-refractivity contribution in [2.75, 3.05) is 23.7 Å². The van der Waals surface area contributed by atoms with Crippen LogP contribution < -0.4 is 16.0 Å². The Morgan fingerprint density at radius 2 is 1.82 bits per heavy atom. The highest BCUT2D eigenvalue weighted by atomic mass is 79.9. The van der Waals surface area contributed by atoms with Gasteiger partial charge < -0.3 is 10.6 Å². The summed E-state index contributed by atoms with van der Waals surface area (Å²) in [6.45, 7) is 1.16. The molecule has 10 heteroatoms. The van der Waals surface area contributed by atoms with Crippen LogP contribution in [-0.2, 0) is 14.4 Å². The number of nitrogens with one attached hydrogen (secondary N) is 3. The second kappa shape index (κ2) is 11.9. The molecule has 1 saturated heterocycles. The second-order valence-electron chi connectivity index (χ2n) is 8.16. The first-order chi connectivity index (χ1) is 15.9. The molecule has 0 radical (unpaired) electrons. The van der Waals surface area contributed by atoms with Gasteiger partial charge in [0.25, 0.3) is 11.8 Å². The van der Waals surface area contributed by atoms with E-state index in [1.165, 1.54) is 0 Å². The molecule has 1 aromatic carbocycles. The molecule has 2 aliphatic heterocycles. The summed E-state index contributed by atoms with van der Waals surface area (Å²) in [4.78, 5) is 62.3. The lowest BCUT2D eigenvalue weighted by Gasteiger charge is -2.27. The van der Waals surface area contributed by atoms with Crippen LogP contribution in [0.1, 0.15) is 72.1 Å². The Morgan fingerprint density at radius 3 is 2.58 bits per heavy atom. The van der Waals surface area contributed by atoms with Crippen molar-refractivity contribution in [2.24, 2.45) is 0 Å². The summed E-state index contributed by atoms with van der Waals surface area (Å²) in [5.74, 6) is -2.01. The lowest BCUT2D eigenvalue weighted by atomic mass is 10.0. The predicted molar refractivity (Wildman–Crippen MR) is 126 cm³/mol. The van der Waals surface area contributed by atoms with Crippen LogP contribution in [0.2, 0.25) is 0 Å². The number of hydrogen-bond donors (Lipinski definition) is 3. The van der Waals surface area contributed by atoms with Gasteiger partial charge in [-0.1, -0.05) is 28.4 Å². The van der Waals surface area contributed by atoms with Crippen LogP contribution in [0.3, 0.4) is 0 Å². The fourth-order valence-corrected chi connectivity index (χ4v) is 4.40. The van der Waals surface area contributed by atoms with E-state index in [4.69, 9.17) is 0 Å². The molecule has 3 N–H and O–H groups in total. The molecule has 0 aromatic heterocycles. The molecule has 3 rings (SSSR count). The van der Waals surface area contributed by atoms with Crippen LogP contribution in [0.4, 0.5) is 5.69 Å². The molecule has 5 amide bonds. The predicted octanol–water partition coefficient (Wildman–Crippen LogP) is 2.35. The van der Waals surface area contributed by atoms with Crippen molar-refractivity contribution in [2.45, 2.75) is 57.4 Å². The van der Waals surface area contributed by atoms with E-state index >= 15 is 0 Å². The number of halogens is 1. The van der Waals surface area contributed by atoms with Crippen molar-refractivity contribution in [3.63, 3.8) is 0 Å². The topological polar surface area (TPSA) is 125 Å². The van der Waals surface area contributed by atoms with Crippen LogP contribution in [0, 0.1) is 0 Å². The highest BCUT2D eigenvalue weighted by Gasteiger charge is 2.45. The van der Waals surface area contributed by atoms with Gasteiger partial charge in [0.1, 0.15) is 6.04 Å². The van der Waals surface area contributed by atoms with Crippen molar-refractivity contribution in [1.29, 1.82) is 0 Å². The minimum absolute atomic E-state index is 0.0658. The molecule has 178 valence electrons. The molecular weight excluding hydrogens is 492 g/mol. The van der Waals surface area contributed by atoms with Gasteiger partial charge in [0, 0.05) is 36.9 Å². The van der Waals surface area contributed by atoms with E-state index in [2.05, 4.69) is 31.9 Å². The Kier molecular flexibility index (Phi) is 8.99. The van der Waals surface area contributed by atoms with E-state index < -0.39 is 29.7 Å². The van der Waals surface area contributed by atoms with Gasteiger partial charge in [-0.2, -0.15) is 0 Å². The van der Waals surface area contributed by atoms with Crippen molar-refractivity contribution >= 4 is 51.2 Å². The number of anilines is 1. The number of carbonyl (C=O) groups is 5. The molecule has 2 aliphatic rings. The fourth-order valence-electron chi connectivity index (χ4n) is 4.01. The van der Waals surface area contributed by atoms with Gasteiger partial charge in [0.2, 0.25) is 17.7 Å². The number of fused-ring (bicyclic) bond motifs is 1. The molecule has 0 spiro atoms. The number of carbonyl (C=O) groups excluding carboxylic acids is 5. The summed E-state index contributed by atoms with van der Waals surface area (Å²) in [7, 11) is 0. The summed E-state index contributed by atoms with van der Waals surface area (Å²) in [6, 6.07) is 4.01. The fraction of sp³-hybridized carbons (Fsp3) is 0.522. The summed E-state index contributed by atoms with van der Waals surface area (Å²) < 4.78 is 0. The largest absolute Gasteiger partial charge is 0.384 e. The van der Waals surface area contributed by atoms with Gasteiger partial charge in [-0.3, -0.25) is 34.2 Å². The highest BCUT2D eigenvalue weighted by molar-refractivity contribution is 9.09. The molecular formula is C23H29BrN4O5. The highest BCUT2D eigenvalue weighted by Crippen LogP contribution is 2.32. The minimum atomic E-state index is -0.981. The molecule has 2 heterocycles. The number of piperidine rings is 1. The second-order valence-corrected chi connectivity index (χ2v) is 8.95. The lowest BCUT2D eigenvalue weighted by molar-refractivity contribution is -0.136. The third-order valence-corrected chi connectivity index (χ3v) is 6.31. The lowest BCUT2D eigenvalue weighted by Crippen LogP contribution is -2.54. The Hall–Kier alpha value is -2.75. The van der Waals surface area contributed by atoms with E-state index in [0.717, 1.165) is 42.3 Å². The van der Waals surface area contributed by atoms with E-state index in [1.54, 1.807) is 18.2 Å². The number of benzene rings is 1. The number of hydrogen-bond acceptors (Lipinski definition) is 6. The number of amides is 5. The van der Waals surface area contributed by atoms with Gasteiger partial charge in [-0.15, -0.1) is 0 Å². The number of imide groups is 2. The monoisotopic (exact) mass is 520 g/mol. The van der Waals surface area contributed by atoms with Gasteiger partial charge >= 0.3 is 0 Å². The van der Waals surface area contributed by atoms with Crippen LogP contribution in [-0.4, -0.2) is 58.9 Å². The molecule has 9 nitrogen and oxygen atoms in total. The van der Waals surface area contributed by atoms with Crippen molar-refractivity contribution < 1.29 is 24.0 Å². The Labute approximate surface area is 201 Å². The van der Waals surface area contributed by atoms with Crippen LogP contribution in [0.15, 0.2) is 18.2 Å². The first-order valence-electron chi connectivity index (χ1n) is 11.3. The third-order valence-electron chi connectivity index (χ3n) is 5.75. The Morgan fingerprint density at radius 1 is 1.03 bits per heavy atom. The van der Waals surface area contributed by atoms with Crippen LogP contribution >= 0.6 is 15.9 Å². The van der Waals surface area contributed by atoms with Gasteiger partial charge in [-0.25, -0.2) is 0 Å². The van der Waals surface area contributed by atoms with E-state index in [0.29, 0.717) is 25.2 Å². The summed E-state index contributed by atoms with van der Waals surface area (Å²) in [6.07, 6.45) is 5.30. The summed E-state index contributed by atoms with van der Waals surface area (Å²) >= 11 is 3.38. The number of rotatable bonds is 12. The van der Waals surface area contributed by atoms with E-state index in [-0.39, 0.29) is 29.9 Å². The molecule has 1 atom stereocenters. The molecule has 1 aromatic rings. The van der Waals surface area contributed by atoms with E-state index in [9.17, 15) is 24.0 Å². The maximum absolute atomic E-state index is 13.0. The average Bonchev–Trinajstić information content (AvgIpc) is 3.04. The van der Waals surface area contributed by atoms with Crippen molar-refractivity contribution in [1.82, 2.24) is 15.5 Å². The van der Waals surface area contributed by atoms with Gasteiger partial charge in [0.05, 0.1) is 11.1 Å². The SMILES string of the molecule is O=C(CCCCCBr)NCCCCNc1cccc2c1C(=O)N(C1CCC(=O)NC1=O)C2=O. The molecule has 1 unspecified atom stereocenters. The minimum Gasteiger partial charge on any atom is -0.384 e. The van der Waals surface area contributed by atoms with Crippen molar-refractivity contribution in [3.05, 3.63) is 29.3 Å². The molecule has 33 heavy (non-hydrogen) atoms. The summed E-state index contributed by atoms with van der Waals surface area (Å²) in [5.41, 5.74) is 1.04. The first-order valence-corrected chi connectivity index (χ1v) is 12.5. The smallest absolute Gasteiger partial charge is 0.264 e. The zero-order valence-electron chi connectivity index (χ0n) is 18.5. The number of unbranched alkanes of at least 4 members (excludes halogenated alkanes) is 3. The molecule has 0 saturated carbocycles. The average molecular weight is 521 g/mol. The molecule has 0 bridgehead atoms. The summed E-state index contributed by atoms with van der Waals surface area (Å²) in [5, 5.41) is 9.27. The van der Waals surface area contributed by atoms with Gasteiger partial charge in [0.15, 0.2) is 0 Å². The Bertz CT molecular complexity index is 935. The first kappa shape index (κ1) is 24.9. The maximum atomic E-state index is 13.0. The third kappa shape index (κ3) is 6.19. The maximum Gasteiger partial charge on any atom is 0.264 e. The van der Waals surface area contributed by atoms with Crippen LogP contribution in [0.5, 0.6) is 0 Å². The molecule has 1 fully saturated rings. The van der Waals surface area contributed by atoms with Gasteiger partial charge in [-0.05, 0) is 44.2 Å². The quantitative estimate of drug-likeness (QED) is 0.220. The number of alkyl halides is 1. The normalized spacial score (nSPS) is 17.7. The zero-order chi connectivity index (χ0) is 23.8. The van der Waals surface area contributed by atoms with E-state index in [1.807, 2.05) is 0 Å². The van der Waals surface area contributed by atoms with Crippen LogP contribution in [0.25, 0.3) is 0 Å². The van der Waals surface area contributed by atoms with Crippen molar-refractivity contribution in [3.8, 4) is 0 Å². The zero-order valence-corrected chi connectivity index (χ0v) is 20.0. The molecule has 0 aliphatic carbocycles. The Balaban J connectivity index is 1.48. The number of nitrogens with zero attached hydrogens (tertiary/aromatic N) is 1.